The van der Waals surface area contributed by atoms with Crippen molar-refractivity contribution in [3.8, 4) is 0 Å². The number of hydrogen-bond acceptors (Lipinski definition) is 1. The zero-order valence-corrected chi connectivity index (χ0v) is 19.5. The van der Waals surface area contributed by atoms with Crippen molar-refractivity contribution < 1.29 is 0 Å². The van der Waals surface area contributed by atoms with Gasteiger partial charge in [-0.1, -0.05) is 114 Å². The lowest BCUT2D eigenvalue weighted by Crippen LogP contribution is -1.91. The maximum absolute atomic E-state index is 4.07. The van der Waals surface area contributed by atoms with E-state index in [9.17, 15) is 0 Å². The fourth-order valence-corrected chi connectivity index (χ4v) is 1.74. The first-order valence-electron chi connectivity index (χ1n) is 10.7. The highest BCUT2D eigenvalue weighted by atomic mass is 14.7. The normalized spacial score (nSPS) is 8.67. The Kier molecular flexibility index (Phi) is 62.5. The molecule has 1 heteroatoms. The second-order valence-electron chi connectivity index (χ2n) is 5.43. The van der Waals surface area contributed by atoms with E-state index in [4.69, 9.17) is 0 Å². The largest absolute Gasteiger partial charge is 0.293 e. The molecular weight excluding hydrogens is 290 g/mol. The molecule has 0 radical (unpaired) electrons. The molecule has 0 atom stereocenters. The SMILES string of the molecule is C=C(C=NCC)CCC.CC.CC.CCC.CCCC(C)CCC. The lowest BCUT2D eigenvalue weighted by Gasteiger charge is -2.05. The van der Waals surface area contributed by atoms with E-state index < -0.39 is 0 Å². The topological polar surface area (TPSA) is 12.4 Å². The zero-order chi connectivity index (χ0) is 20.2. The molecular formula is C23H53N. The van der Waals surface area contributed by atoms with E-state index in [0.29, 0.717) is 0 Å². The van der Waals surface area contributed by atoms with Crippen LogP contribution >= 0.6 is 0 Å². The average Bonchev–Trinajstić information content (AvgIpc) is 2.59. The summed E-state index contributed by atoms with van der Waals surface area (Å²) in [6.45, 7) is 28.0. The zero-order valence-electron chi connectivity index (χ0n) is 19.5. The standard InChI is InChI=1S/C8H15N.C8H18.C3H8.2C2H6/c1-4-6-8(3)7-9-5-2;1-4-6-8(3)7-5-2;1-3-2;2*1-2/h7H,3-6H2,1-2H3;8H,4-7H2,1-3H3;3H2,1-2H3;2*1-2H3. The van der Waals surface area contributed by atoms with Gasteiger partial charge < -0.3 is 0 Å². The van der Waals surface area contributed by atoms with Crippen molar-refractivity contribution in [1.29, 1.82) is 0 Å². The average molecular weight is 344 g/mol. The van der Waals surface area contributed by atoms with Crippen LogP contribution in [0.25, 0.3) is 0 Å². The van der Waals surface area contributed by atoms with Gasteiger partial charge in [-0.05, 0) is 24.8 Å². The molecule has 0 aliphatic carbocycles. The molecule has 0 heterocycles. The van der Waals surface area contributed by atoms with Crippen LogP contribution in [0.3, 0.4) is 0 Å². The lowest BCUT2D eigenvalue weighted by atomic mass is 10.0. The molecule has 0 N–H and O–H groups in total. The van der Waals surface area contributed by atoms with Gasteiger partial charge in [-0.2, -0.15) is 0 Å². The number of hydrogen-bond donors (Lipinski definition) is 0. The van der Waals surface area contributed by atoms with Gasteiger partial charge in [0.15, 0.2) is 0 Å². The summed E-state index contributed by atoms with van der Waals surface area (Å²) in [5.74, 6) is 0.963. The molecule has 0 aromatic carbocycles. The Labute approximate surface area is 157 Å². The third kappa shape index (κ3) is 57.9. The number of nitrogens with zero attached hydrogens (tertiary/aromatic N) is 1. The minimum atomic E-state index is 0.864. The van der Waals surface area contributed by atoms with Crippen LogP contribution < -0.4 is 0 Å². The highest BCUT2D eigenvalue weighted by molar-refractivity contribution is 5.77. The van der Waals surface area contributed by atoms with Crippen molar-refractivity contribution >= 4 is 6.21 Å². The Morgan fingerprint density at radius 3 is 1.46 bits per heavy atom. The van der Waals surface area contributed by atoms with Gasteiger partial charge in [0, 0.05) is 12.8 Å². The van der Waals surface area contributed by atoms with Gasteiger partial charge in [-0.15, -0.1) is 0 Å². The third-order valence-corrected chi connectivity index (χ3v) is 2.59. The first-order chi connectivity index (χ1) is 11.5. The van der Waals surface area contributed by atoms with Crippen LogP contribution in [0.2, 0.25) is 0 Å². The maximum atomic E-state index is 4.07. The van der Waals surface area contributed by atoms with E-state index in [2.05, 4.69) is 53.1 Å². The summed E-state index contributed by atoms with van der Waals surface area (Å²) in [5, 5.41) is 0. The molecule has 24 heavy (non-hydrogen) atoms. The maximum Gasteiger partial charge on any atom is 0.0361 e. The Balaban J connectivity index is -0.0000000733. The summed E-state index contributed by atoms with van der Waals surface area (Å²) in [6.07, 6.45) is 10.9. The van der Waals surface area contributed by atoms with Crippen LogP contribution in [0.4, 0.5) is 0 Å². The van der Waals surface area contributed by atoms with Crippen LogP contribution in [-0.4, -0.2) is 12.8 Å². The molecule has 0 spiro atoms. The predicted molar refractivity (Wildman–Crippen MR) is 121 cm³/mol. The molecule has 0 saturated heterocycles. The van der Waals surface area contributed by atoms with Crippen molar-refractivity contribution in [3.05, 3.63) is 12.2 Å². The van der Waals surface area contributed by atoms with Gasteiger partial charge in [-0.3, -0.25) is 4.99 Å². The number of aliphatic imine (C=N–C) groups is 1. The van der Waals surface area contributed by atoms with Crippen LogP contribution in [0.15, 0.2) is 17.1 Å². The molecule has 0 unspecified atom stereocenters. The van der Waals surface area contributed by atoms with Crippen LogP contribution in [0.1, 0.15) is 121 Å². The van der Waals surface area contributed by atoms with Crippen molar-refractivity contribution in [3.63, 3.8) is 0 Å². The summed E-state index contributed by atoms with van der Waals surface area (Å²) in [5.41, 5.74) is 1.14. The number of rotatable bonds is 8. The Morgan fingerprint density at radius 2 is 1.21 bits per heavy atom. The van der Waals surface area contributed by atoms with Gasteiger partial charge in [0.1, 0.15) is 0 Å². The Morgan fingerprint density at radius 1 is 0.833 bits per heavy atom. The highest BCUT2D eigenvalue weighted by Crippen LogP contribution is 2.10. The van der Waals surface area contributed by atoms with E-state index in [1.54, 1.807) is 0 Å². The molecule has 0 saturated carbocycles. The molecule has 0 aliphatic heterocycles. The number of allylic oxidation sites excluding steroid dienone is 1. The smallest absolute Gasteiger partial charge is 0.0361 e. The van der Waals surface area contributed by atoms with Crippen LogP contribution in [0.5, 0.6) is 0 Å². The first-order valence-corrected chi connectivity index (χ1v) is 10.7. The van der Waals surface area contributed by atoms with E-state index in [1.165, 1.54) is 32.1 Å². The van der Waals surface area contributed by atoms with Gasteiger partial charge in [-0.25, -0.2) is 0 Å². The monoisotopic (exact) mass is 343 g/mol. The van der Waals surface area contributed by atoms with Crippen LogP contribution in [0, 0.1) is 5.92 Å². The molecule has 0 fully saturated rings. The van der Waals surface area contributed by atoms with E-state index in [-0.39, 0.29) is 0 Å². The first kappa shape index (κ1) is 34.7. The summed E-state index contributed by atoms with van der Waals surface area (Å²) in [6, 6.07) is 0. The second-order valence-corrected chi connectivity index (χ2v) is 5.43. The minimum absolute atomic E-state index is 0.864. The van der Waals surface area contributed by atoms with Crippen molar-refractivity contribution in [2.24, 2.45) is 10.9 Å². The molecule has 0 aromatic rings. The van der Waals surface area contributed by atoms with Gasteiger partial charge in [0.25, 0.3) is 0 Å². The summed E-state index contributed by atoms with van der Waals surface area (Å²) in [7, 11) is 0. The molecule has 0 aliphatic rings. The van der Waals surface area contributed by atoms with E-state index >= 15 is 0 Å². The molecule has 150 valence electrons. The molecule has 0 bridgehead atoms. The predicted octanol–water partition coefficient (Wildman–Crippen LogP) is 9.12. The Bertz CT molecular complexity index is 188. The summed E-state index contributed by atoms with van der Waals surface area (Å²) in [4.78, 5) is 4.07. The summed E-state index contributed by atoms with van der Waals surface area (Å²) < 4.78 is 0. The fraction of sp³-hybridized carbons (Fsp3) is 0.870. The fourth-order valence-electron chi connectivity index (χ4n) is 1.74. The quantitative estimate of drug-likeness (QED) is 0.389. The van der Waals surface area contributed by atoms with Gasteiger partial charge in [0.05, 0.1) is 0 Å². The molecule has 0 rings (SSSR count). The van der Waals surface area contributed by atoms with Crippen molar-refractivity contribution in [2.75, 3.05) is 6.54 Å². The van der Waals surface area contributed by atoms with Crippen molar-refractivity contribution in [2.45, 2.75) is 121 Å². The van der Waals surface area contributed by atoms with Gasteiger partial charge in [0.2, 0.25) is 0 Å². The molecule has 0 aromatic heterocycles. The van der Waals surface area contributed by atoms with E-state index in [1.807, 2.05) is 40.8 Å². The second kappa shape index (κ2) is 43.3. The Hall–Kier alpha value is -0.590. The highest BCUT2D eigenvalue weighted by Gasteiger charge is 1.95. The third-order valence-electron chi connectivity index (χ3n) is 2.59. The molecule has 0 amide bonds. The molecule has 1 nitrogen and oxygen atoms in total. The van der Waals surface area contributed by atoms with Crippen LogP contribution in [-0.2, 0) is 0 Å². The lowest BCUT2D eigenvalue weighted by molar-refractivity contribution is 0.480. The van der Waals surface area contributed by atoms with Gasteiger partial charge >= 0.3 is 0 Å². The summed E-state index contributed by atoms with van der Waals surface area (Å²) >= 11 is 0. The van der Waals surface area contributed by atoms with Crippen molar-refractivity contribution in [1.82, 2.24) is 0 Å². The minimum Gasteiger partial charge on any atom is -0.293 e. The van der Waals surface area contributed by atoms with E-state index in [0.717, 1.165) is 30.9 Å².